The molecule has 1 N–H and O–H groups in total. The summed E-state index contributed by atoms with van der Waals surface area (Å²) in [6, 6.07) is 2.05. The molecule has 0 saturated heterocycles. The van der Waals surface area contributed by atoms with Crippen LogP contribution in [0.5, 0.6) is 0 Å². The predicted octanol–water partition coefficient (Wildman–Crippen LogP) is 3.60. The quantitative estimate of drug-likeness (QED) is 0.707. The Balaban J connectivity index is 1.43. The maximum Gasteiger partial charge on any atom is 0.307 e. The van der Waals surface area contributed by atoms with Crippen LogP contribution in [0.25, 0.3) is 11.4 Å². The number of ether oxygens (including phenoxy) is 1. The second-order valence-electron chi connectivity index (χ2n) is 7.54. The van der Waals surface area contributed by atoms with Gasteiger partial charge in [0.15, 0.2) is 6.10 Å². The fraction of sp³-hybridized carbons (Fsp3) is 0.600. The molecule has 152 valence electrons. The van der Waals surface area contributed by atoms with Crippen LogP contribution in [0.2, 0.25) is 0 Å². The van der Waals surface area contributed by atoms with Gasteiger partial charge in [-0.2, -0.15) is 16.3 Å². The Bertz CT molecular complexity index is 789. The lowest BCUT2D eigenvalue weighted by atomic mass is 9.78. The van der Waals surface area contributed by atoms with Crippen molar-refractivity contribution in [2.75, 3.05) is 0 Å². The topological polar surface area (TPSA) is 94.3 Å². The van der Waals surface area contributed by atoms with Gasteiger partial charge in [0, 0.05) is 23.4 Å². The minimum Gasteiger partial charge on any atom is -0.453 e. The van der Waals surface area contributed by atoms with Crippen molar-refractivity contribution >= 4 is 23.2 Å². The van der Waals surface area contributed by atoms with Gasteiger partial charge in [-0.1, -0.05) is 31.8 Å². The molecule has 3 rings (SSSR count). The molecule has 0 spiro atoms. The number of aryl methyl sites for hydroxylation is 1. The van der Waals surface area contributed by atoms with Crippen molar-refractivity contribution in [2.24, 2.45) is 11.8 Å². The minimum atomic E-state index is -0.819. The summed E-state index contributed by atoms with van der Waals surface area (Å²) >= 11 is 1.55. The average Bonchev–Trinajstić information content (AvgIpc) is 3.35. The third-order valence-corrected chi connectivity index (χ3v) is 6.19. The van der Waals surface area contributed by atoms with Gasteiger partial charge in [0.1, 0.15) is 0 Å². The number of aromatic nitrogens is 2. The smallest absolute Gasteiger partial charge is 0.307 e. The maximum absolute atomic E-state index is 12.4. The molecule has 0 bridgehead atoms. The molecule has 8 heteroatoms. The lowest BCUT2D eigenvalue weighted by molar-refractivity contribution is -0.155. The maximum atomic E-state index is 12.4. The highest BCUT2D eigenvalue weighted by atomic mass is 32.1. The first-order valence-corrected chi connectivity index (χ1v) is 10.7. The van der Waals surface area contributed by atoms with Gasteiger partial charge in [-0.15, -0.1) is 0 Å². The van der Waals surface area contributed by atoms with Crippen LogP contribution < -0.4 is 5.32 Å². The highest BCUT2D eigenvalue weighted by Gasteiger charge is 2.30. The van der Waals surface area contributed by atoms with E-state index in [4.69, 9.17) is 9.26 Å². The van der Waals surface area contributed by atoms with E-state index in [1.165, 1.54) is 6.42 Å². The summed E-state index contributed by atoms with van der Waals surface area (Å²) in [5.41, 5.74) is 0.888. The van der Waals surface area contributed by atoms with Crippen molar-refractivity contribution in [3.8, 4) is 11.4 Å². The molecular formula is C20H27N3O4S. The van der Waals surface area contributed by atoms with Gasteiger partial charge in [-0.05, 0) is 36.6 Å². The molecule has 28 heavy (non-hydrogen) atoms. The van der Waals surface area contributed by atoms with Gasteiger partial charge >= 0.3 is 5.97 Å². The van der Waals surface area contributed by atoms with E-state index in [0.717, 1.165) is 18.4 Å². The van der Waals surface area contributed by atoms with Crippen LogP contribution in [0.3, 0.4) is 0 Å². The van der Waals surface area contributed by atoms with Crippen molar-refractivity contribution in [1.82, 2.24) is 15.5 Å². The first kappa shape index (κ1) is 20.5. The Morgan fingerprint density at radius 3 is 2.96 bits per heavy atom. The van der Waals surface area contributed by atoms with Gasteiger partial charge in [-0.25, -0.2) is 0 Å². The van der Waals surface area contributed by atoms with E-state index in [1.54, 1.807) is 18.3 Å². The molecule has 2 aromatic heterocycles. The van der Waals surface area contributed by atoms with Crippen molar-refractivity contribution in [2.45, 2.75) is 65.0 Å². The number of carbonyl (C=O) groups is 2. The lowest BCUT2D eigenvalue weighted by Gasteiger charge is -2.35. The zero-order valence-corrected chi connectivity index (χ0v) is 17.3. The minimum absolute atomic E-state index is 0.0831. The first-order valence-electron chi connectivity index (χ1n) is 9.79. The van der Waals surface area contributed by atoms with Crippen LogP contribution in [-0.2, 0) is 20.7 Å². The van der Waals surface area contributed by atoms with Crippen LogP contribution in [-0.4, -0.2) is 34.2 Å². The summed E-state index contributed by atoms with van der Waals surface area (Å²) in [4.78, 5) is 28.7. The van der Waals surface area contributed by atoms with Gasteiger partial charge in [0.2, 0.25) is 11.7 Å². The Labute approximate surface area is 168 Å². The van der Waals surface area contributed by atoms with Crippen molar-refractivity contribution in [3.63, 3.8) is 0 Å². The molecule has 4 atom stereocenters. The van der Waals surface area contributed by atoms with Crippen LogP contribution >= 0.6 is 11.3 Å². The molecule has 0 radical (unpaired) electrons. The van der Waals surface area contributed by atoms with Crippen LogP contribution in [0.15, 0.2) is 21.3 Å². The molecule has 1 aliphatic carbocycles. The fourth-order valence-electron chi connectivity index (χ4n) is 3.47. The number of nitrogens with one attached hydrogen (secondary N) is 1. The third-order valence-electron chi connectivity index (χ3n) is 5.50. The van der Waals surface area contributed by atoms with Gasteiger partial charge in [0.25, 0.3) is 5.91 Å². The zero-order valence-electron chi connectivity index (χ0n) is 16.5. The Hall–Kier alpha value is -2.22. The Morgan fingerprint density at radius 1 is 1.39 bits per heavy atom. The number of thiophene rings is 1. The second-order valence-corrected chi connectivity index (χ2v) is 8.32. The summed E-state index contributed by atoms with van der Waals surface area (Å²) in [6.45, 7) is 5.99. The SMILES string of the molecule is C[C@@H]1[C@H](C)CCC[C@H]1NC(=O)[C@H](C)OC(=O)CCc1nc(-c2ccsc2)no1. The highest BCUT2D eigenvalue weighted by molar-refractivity contribution is 7.08. The third kappa shape index (κ3) is 5.19. The predicted molar refractivity (Wildman–Crippen MR) is 106 cm³/mol. The number of hydrogen-bond donors (Lipinski definition) is 1. The molecule has 0 aliphatic heterocycles. The van der Waals surface area contributed by atoms with Crippen molar-refractivity contribution in [3.05, 3.63) is 22.7 Å². The van der Waals surface area contributed by atoms with Gasteiger partial charge in [-0.3, -0.25) is 9.59 Å². The van der Waals surface area contributed by atoms with Gasteiger partial charge in [0.05, 0.1) is 6.42 Å². The number of esters is 1. The van der Waals surface area contributed by atoms with E-state index in [9.17, 15) is 9.59 Å². The standard InChI is InChI=1S/C20H27N3O4S/c1-12-5-4-6-16(13(12)2)21-20(25)14(3)26-18(24)8-7-17-22-19(23-27-17)15-9-10-28-11-15/h9-14,16H,4-8H2,1-3H3,(H,21,25)/t12-,13-,14+,16-/m1/s1. The number of amides is 1. The molecule has 1 aliphatic rings. The van der Waals surface area contributed by atoms with Crippen LogP contribution in [0.1, 0.15) is 52.3 Å². The Kier molecular flexibility index (Phi) is 6.83. The number of rotatable bonds is 7. The molecule has 0 unspecified atom stereocenters. The first-order chi connectivity index (χ1) is 13.4. The molecule has 1 fully saturated rings. The summed E-state index contributed by atoms with van der Waals surface area (Å²) in [5.74, 6) is 1.20. The average molecular weight is 406 g/mol. The summed E-state index contributed by atoms with van der Waals surface area (Å²) < 4.78 is 10.4. The van der Waals surface area contributed by atoms with Crippen molar-refractivity contribution in [1.29, 1.82) is 0 Å². The molecule has 2 aromatic rings. The molecular weight excluding hydrogens is 378 g/mol. The van der Waals surface area contributed by atoms with E-state index in [1.807, 2.05) is 16.8 Å². The van der Waals surface area contributed by atoms with E-state index < -0.39 is 12.1 Å². The summed E-state index contributed by atoms with van der Waals surface area (Å²) in [5, 5.41) is 10.8. The number of hydrogen-bond acceptors (Lipinski definition) is 7. The normalized spacial score (nSPS) is 23.2. The highest BCUT2D eigenvalue weighted by Crippen LogP contribution is 2.29. The molecule has 2 heterocycles. The lowest BCUT2D eigenvalue weighted by Crippen LogP contribution is -2.47. The summed E-state index contributed by atoms with van der Waals surface area (Å²) in [6.07, 6.45) is 2.83. The van der Waals surface area contributed by atoms with Gasteiger partial charge < -0.3 is 14.6 Å². The summed E-state index contributed by atoms with van der Waals surface area (Å²) in [7, 11) is 0. The van der Waals surface area contributed by atoms with Crippen LogP contribution in [0, 0.1) is 11.8 Å². The van der Waals surface area contributed by atoms with Crippen molar-refractivity contribution < 1.29 is 18.8 Å². The van der Waals surface area contributed by atoms with E-state index in [2.05, 4.69) is 29.3 Å². The molecule has 0 aromatic carbocycles. The zero-order chi connectivity index (χ0) is 20.1. The largest absolute Gasteiger partial charge is 0.453 e. The number of carbonyl (C=O) groups excluding carboxylic acids is 2. The van der Waals surface area contributed by atoms with E-state index >= 15 is 0 Å². The second kappa shape index (κ2) is 9.32. The van der Waals surface area contributed by atoms with Crippen LogP contribution in [0.4, 0.5) is 0 Å². The van der Waals surface area contributed by atoms with E-state index in [0.29, 0.717) is 23.6 Å². The molecule has 1 saturated carbocycles. The molecule has 7 nitrogen and oxygen atoms in total. The fourth-order valence-corrected chi connectivity index (χ4v) is 4.10. The molecule has 1 amide bonds. The number of nitrogens with zero attached hydrogens (tertiary/aromatic N) is 2. The Morgan fingerprint density at radius 2 is 2.21 bits per heavy atom. The monoisotopic (exact) mass is 405 g/mol. The van der Waals surface area contributed by atoms with E-state index in [-0.39, 0.29) is 24.8 Å².